The third kappa shape index (κ3) is 5.07. The number of fused-ring (bicyclic) bond motifs is 7. The van der Waals surface area contributed by atoms with Crippen LogP contribution in [-0.2, 0) is 5.41 Å². The van der Waals surface area contributed by atoms with Crippen LogP contribution in [0.5, 0.6) is 0 Å². The predicted octanol–water partition coefficient (Wildman–Crippen LogP) is 13.7. The SMILES string of the molecule is c1ccc(C2=Nc3c(ccc4c3c3ccccc3n4-c3nc(-c4ccc(-c5cccc6ccccc56)cc4)c4ccccc4n3)C2(c2ccccc2)c2ccccc2)cc1. The Bertz CT molecular complexity index is 3420. The molecule has 0 N–H and O–H groups in total. The van der Waals surface area contributed by atoms with Crippen molar-refractivity contribution in [3.05, 3.63) is 241 Å². The first kappa shape index (κ1) is 34.1. The average molecular weight is 765 g/mol. The Morgan fingerprint density at radius 2 is 1.00 bits per heavy atom. The molecule has 0 aliphatic carbocycles. The number of rotatable bonds is 6. The maximum Gasteiger partial charge on any atom is 0.235 e. The Morgan fingerprint density at radius 1 is 0.400 bits per heavy atom. The summed E-state index contributed by atoms with van der Waals surface area (Å²) in [7, 11) is 0. The molecule has 0 fully saturated rings. The van der Waals surface area contributed by atoms with Gasteiger partial charge in [0.25, 0.3) is 0 Å². The van der Waals surface area contributed by atoms with Crippen molar-refractivity contribution in [2.75, 3.05) is 0 Å². The van der Waals surface area contributed by atoms with Crippen molar-refractivity contribution >= 4 is 54.9 Å². The van der Waals surface area contributed by atoms with Crippen LogP contribution in [0.1, 0.15) is 22.3 Å². The van der Waals surface area contributed by atoms with E-state index in [4.69, 9.17) is 15.0 Å². The van der Waals surface area contributed by atoms with Gasteiger partial charge in [0, 0.05) is 21.7 Å². The van der Waals surface area contributed by atoms with E-state index in [-0.39, 0.29) is 0 Å². The molecular weight excluding hydrogens is 729 g/mol. The molecule has 60 heavy (non-hydrogen) atoms. The highest BCUT2D eigenvalue weighted by molar-refractivity contribution is 6.23. The van der Waals surface area contributed by atoms with Gasteiger partial charge >= 0.3 is 0 Å². The van der Waals surface area contributed by atoms with Gasteiger partial charge < -0.3 is 0 Å². The van der Waals surface area contributed by atoms with Crippen LogP contribution in [0.3, 0.4) is 0 Å². The molecule has 0 spiro atoms. The predicted molar refractivity (Wildman–Crippen MR) is 248 cm³/mol. The molecule has 0 bridgehead atoms. The maximum atomic E-state index is 5.74. The monoisotopic (exact) mass is 764 g/mol. The van der Waals surface area contributed by atoms with Gasteiger partial charge in [-0.05, 0) is 62.4 Å². The fraction of sp³-hybridized carbons (Fsp3) is 0.0179. The number of benzene rings is 9. The van der Waals surface area contributed by atoms with Crippen LogP contribution in [0.15, 0.2) is 223 Å². The second-order valence-corrected chi connectivity index (χ2v) is 15.5. The minimum absolute atomic E-state index is 0.621. The van der Waals surface area contributed by atoms with Crippen molar-refractivity contribution in [2.45, 2.75) is 5.41 Å². The van der Waals surface area contributed by atoms with Crippen LogP contribution in [0.4, 0.5) is 5.69 Å². The smallest absolute Gasteiger partial charge is 0.235 e. The summed E-state index contributed by atoms with van der Waals surface area (Å²) in [5.74, 6) is 0.621. The van der Waals surface area contributed by atoms with E-state index in [1.54, 1.807) is 0 Å². The minimum Gasteiger partial charge on any atom is -0.278 e. The molecule has 11 aromatic rings. The zero-order valence-corrected chi connectivity index (χ0v) is 32.6. The lowest BCUT2D eigenvalue weighted by Gasteiger charge is -2.34. The van der Waals surface area contributed by atoms with Gasteiger partial charge in [-0.25, -0.2) is 9.97 Å². The molecule has 3 heterocycles. The zero-order chi connectivity index (χ0) is 39.6. The molecule has 0 unspecified atom stereocenters. The van der Waals surface area contributed by atoms with E-state index in [0.29, 0.717) is 5.95 Å². The van der Waals surface area contributed by atoms with Crippen molar-refractivity contribution in [2.24, 2.45) is 4.99 Å². The molecule has 1 aliphatic heterocycles. The number of para-hydroxylation sites is 2. The Hall–Kier alpha value is -7.95. The first-order valence-corrected chi connectivity index (χ1v) is 20.5. The molecule has 4 heteroatoms. The van der Waals surface area contributed by atoms with Crippen LogP contribution in [0, 0.1) is 0 Å². The molecule has 280 valence electrons. The molecule has 0 saturated heterocycles. The van der Waals surface area contributed by atoms with E-state index in [0.717, 1.165) is 66.5 Å². The quantitative estimate of drug-likeness (QED) is 0.169. The summed E-state index contributed by atoms with van der Waals surface area (Å²) < 4.78 is 2.23. The molecule has 2 aromatic heterocycles. The lowest BCUT2D eigenvalue weighted by Crippen LogP contribution is -2.36. The molecule has 0 atom stereocenters. The summed E-state index contributed by atoms with van der Waals surface area (Å²) in [6, 6.07) is 77.7. The molecule has 0 amide bonds. The third-order valence-corrected chi connectivity index (χ3v) is 12.3. The lowest BCUT2D eigenvalue weighted by atomic mass is 9.65. The summed E-state index contributed by atoms with van der Waals surface area (Å²) in [6.45, 7) is 0. The van der Waals surface area contributed by atoms with Crippen molar-refractivity contribution < 1.29 is 0 Å². The molecule has 12 rings (SSSR count). The van der Waals surface area contributed by atoms with Crippen LogP contribution in [0.2, 0.25) is 0 Å². The van der Waals surface area contributed by atoms with Crippen molar-refractivity contribution in [1.82, 2.24) is 14.5 Å². The maximum absolute atomic E-state index is 5.74. The Balaban J connectivity index is 1.10. The van der Waals surface area contributed by atoms with Gasteiger partial charge in [-0.1, -0.05) is 200 Å². The van der Waals surface area contributed by atoms with Crippen LogP contribution >= 0.6 is 0 Å². The first-order chi connectivity index (χ1) is 29.8. The van der Waals surface area contributed by atoms with Gasteiger partial charge in [-0.3, -0.25) is 9.56 Å². The summed E-state index contributed by atoms with van der Waals surface area (Å²) >= 11 is 0. The number of aliphatic imine (C=N–C) groups is 1. The highest BCUT2D eigenvalue weighted by Crippen LogP contribution is 2.54. The topological polar surface area (TPSA) is 43.1 Å². The number of nitrogens with zero attached hydrogens (tertiary/aromatic N) is 4. The Labute approximate surface area is 347 Å². The summed E-state index contributed by atoms with van der Waals surface area (Å²) in [5, 5.41) is 5.67. The van der Waals surface area contributed by atoms with Crippen LogP contribution < -0.4 is 0 Å². The van der Waals surface area contributed by atoms with Gasteiger partial charge in [0.05, 0.1) is 39.1 Å². The van der Waals surface area contributed by atoms with Crippen LogP contribution in [-0.4, -0.2) is 20.2 Å². The van der Waals surface area contributed by atoms with E-state index in [9.17, 15) is 0 Å². The van der Waals surface area contributed by atoms with E-state index in [2.05, 4.69) is 223 Å². The fourth-order valence-electron chi connectivity index (χ4n) is 9.67. The number of aromatic nitrogens is 3. The summed E-state index contributed by atoms with van der Waals surface area (Å²) in [4.78, 5) is 16.5. The third-order valence-electron chi connectivity index (χ3n) is 12.3. The number of hydrogen-bond acceptors (Lipinski definition) is 3. The lowest BCUT2D eigenvalue weighted by molar-refractivity contribution is 0.851. The minimum atomic E-state index is -0.651. The second kappa shape index (κ2) is 13.6. The van der Waals surface area contributed by atoms with E-state index in [1.165, 1.54) is 33.0 Å². The first-order valence-electron chi connectivity index (χ1n) is 20.5. The van der Waals surface area contributed by atoms with E-state index >= 15 is 0 Å². The zero-order valence-electron chi connectivity index (χ0n) is 32.6. The summed E-state index contributed by atoms with van der Waals surface area (Å²) in [6.07, 6.45) is 0. The average Bonchev–Trinajstić information content (AvgIpc) is 3.86. The van der Waals surface area contributed by atoms with Crippen molar-refractivity contribution in [3.8, 4) is 28.3 Å². The molecule has 4 nitrogen and oxygen atoms in total. The van der Waals surface area contributed by atoms with Crippen molar-refractivity contribution in [1.29, 1.82) is 0 Å². The fourth-order valence-corrected chi connectivity index (χ4v) is 9.67. The second-order valence-electron chi connectivity index (χ2n) is 15.5. The van der Waals surface area contributed by atoms with Gasteiger partial charge in [0.15, 0.2) is 0 Å². The molecule has 0 radical (unpaired) electrons. The highest BCUT2D eigenvalue weighted by Gasteiger charge is 2.48. The van der Waals surface area contributed by atoms with Gasteiger partial charge in [0.1, 0.15) is 0 Å². The Kier molecular flexibility index (Phi) is 7.72. The largest absolute Gasteiger partial charge is 0.278 e. The molecule has 0 saturated carbocycles. The van der Waals surface area contributed by atoms with Crippen LogP contribution in [0.25, 0.3) is 71.8 Å². The molecular formula is C56H36N4. The standard InChI is InChI=1S/C56H36N4/c1-4-18-40(19-5-1)54-56(41-21-6-2-7-22-41,42-23-8-3-9-24-42)47-35-36-50-51(53(47)58-54)46-27-13-15-30-49(46)60(50)55-57-48-29-14-12-26-45(48)52(59-55)39-33-31-38(32-34-39)44-28-16-20-37-17-10-11-25-43(37)44/h1-36H. The van der Waals surface area contributed by atoms with Gasteiger partial charge in [0.2, 0.25) is 5.95 Å². The van der Waals surface area contributed by atoms with E-state index < -0.39 is 5.41 Å². The molecule has 9 aromatic carbocycles. The number of hydrogen-bond donors (Lipinski definition) is 0. The van der Waals surface area contributed by atoms with Crippen molar-refractivity contribution in [3.63, 3.8) is 0 Å². The highest BCUT2D eigenvalue weighted by atomic mass is 15.2. The normalized spacial score (nSPS) is 13.2. The summed E-state index contributed by atoms with van der Waals surface area (Å²) in [5.41, 5.74) is 13.2. The Morgan fingerprint density at radius 3 is 1.75 bits per heavy atom. The van der Waals surface area contributed by atoms with E-state index in [1.807, 2.05) is 0 Å². The molecule has 1 aliphatic rings. The van der Waals surface area contributed by atoms with Gasteiger partial charge in [-0.2, -0.15) is 0 Å². The van der Waals surface area contributed by atoms with Gasteiger partial charge in [-0.15, -0.1) is 0 Å².